The van der Waals surface area contributed by atoms with Crippen molar-refractivity contribution in [3.8, 4) is 5.75 Å². The van der Waals surface area contributed by atoms with Gasteiger partial charge in [-0.25, -0.2) is 4.98 Å². The number of nitrogens with one attached hydrogen (secondary N) is 3. The topological polar surface area (TPSA) is 245 Å². The molecule has 2 fully saturated rings. The van der Waals surface area contributed by atoms with E-state index in [4.69, 9.17) is 26.0 Å². The highest BCUT2D eigenvalue weighted by molar-refractivity contribution is 5.99. The van der Waals surface area contributed by atoms with Gasteiger partial charge in [-0.2, -0.15) is 0 Å². The standard InChI is InChI=1S/C52H67N7O9/c1-52(2,3)58-50(64)44-29-36-16-7-8-17-37(36)31-59(44)32-45(68-47(61)19-11-12-26-67-38-23-20-34(21-24-38)27-39(53)51(65)66)42(28-33-13-5-4-6-14-33)56-49(63)43(30-46(54)60)57-48(62)41-25-22-35-15-9-10-18-40(35)55-41/h4-6,9-10,13-15,18,20-25,36-37,39,42-45H,7-8,11-12,16-17,19,26-32,53H2,1-3H3,(H2,54,60)(H,56,63)(H,57,62)(H,58,64)(H,65,66)/t36?,37-,39+,42+,43+,44+,45-/m1/s1. The molecule has 0 radical (unpaired) electrons. The third kappa shape index (κ3) is 15.3. The number of likely N-dealkylation sites (tertiary alicyclic amines) is 1. The van der Waals surface area contributed by atoms with Crippen LogP contribution >= 0.6 is 0 Å². The number of amides is 4. The molecule has 16 nitrogen and oxygen atoms in total. The highest BCUT2D eigenvalue weighted by Crippen LogP contribution is 2.39. The van der Waals surface area contributed by atoms with Crippen molar-refractivity contribution in [1.29, 1.82) is 0 Å². The van der Waals surface area contributed by atoms with Gasteiger partial charge in [0.25, 0.3) is 5.91 Å². The van der Waals surface area contributed by atoms with Gasteiger partial charge in [0.05, 0.1) is 30.6 Å². The molecule has 1 aliphatic carbocycles. The number of hydrogen-bond donors (Lipinski definition) is 6. The van der Waals surface area contributed by atoms with Crippen molar-refractivity contribution in [1.82, 2.24) is 25.8 Å². The van der Waals surface area contributed by atoms with Crippen LogP contribution in [-0.2, 0) is 41.6 Å². The molecular weight excluding hydrogens is 867 g/mol. The van der Waals surface area contributed by atoms with Gasteiger partial charge in [0.1, 0.15) is 29.6 Å². The van der Waals surface area contributed by atoms with E-state index < -0.39 is 71.9 Å². The summed E-state index contributed by atoms with van der Waals surface area (Å²) in [5.74, 6) is -2.58. The largest absolute Gasteiger partial charge is 0.494 e. The molecule has 8 N–H and O–H groups in total. The second kappa shape index (κ2) is 24.1. The summed E-state index contributed by atoms with van der Waals surface area (Å²) in [5, 5.41) is 18.9. The van der Waals surface area contributed by atoms with Gasteiger partial charge in [0.2, 0.25) is 17.7 Å². The molecular formula is C52H67N7O9. The Labute approximate surface area is 398 Å². The van der Waals surface area contributed by atoms with Crippen molar-refractivity contribution in [2.75, 3.05) is 19.7 Å². The number of benzene rings is 3. The van der Waals surface area contributed by atoms with E-state index in [1.807, 2.05) is 63.2 Å². The average molecular weight is 934 g/mol. The zero-order chi connectivity index (χ0) is 48.8. The van der Waals surface area contributed by atoms with Crippen molar-refractivity contribution in [3.63, 3.8) is 0 Å². The number of hydrogen-bond acceptors (Lipinski definition) is 11. The lowest BCUT2D eigenvalue weighted by Gasteiger charge is -2.47. The maximum atomic E-state index is 14.5. The van der Waals surface area contributed by atoms with E-state index in [0.29, 0.717) is 55.5 Å². The van der Waals surface area contributed by atoms with Crippen LogP contribution < -0.4 is 32.2 Å². The number of pyridine rings is 1. The first-order valence-electron chi connectivity index (χ1n) is 23.8. The molecule has 1 saturated carbocycles. The molecule has 7 atom stereocenters. The van der Waals surface area contributed by atoms with Gasteiger partial charge < -0.3 is 42.0 Å². The summed E-state index contributed by atoms with van der Waals surface area (Å²) in [6.07, 6.45) is 4.80. The number of unbranched alkanes of at least 4 members (excludes halogenated alkanes) is 1. The molecule has 4 amide bonds. The lowest BCUT2D eigenvalue weighted by Crippen LogP contribution is -2.61. The number of nitrogens with two attached hydrogens (primary N) is 2. The summed E-state index contributed by atoms with van der Waals surface area (Å²) in [5.41, 5.74) is 13.1. The second-order valence-corrected chi connectivity index (χ2v) is 19.3. The lowest BCUT2D eigenvalue weighted by atomic mass is 9.72. The van der Waals surface area contributed by atoms with E-state index in [2.05, 4.69) is 25.8 Å². The number of nitrogens with zero attached hydrogens (tertiary/aromatic N) is 2. The number of carbonyl (C=O) groups is 6. The predicted octanol–water partition coefficient (Wildman–Crippen LogP) is 4.85. The fraction of sp³-hybridized carbons (Fsp3) is 0.481. The van der Waals surface area contributed by atoms with E-state index >= 15 is 0 Å². The third-order valence-corrected chi connectivity index (χ3v) is 12.7. The molecule has 1 unspecified atom stereocenters. The fourth-order valence-electron chi connectivity index (χ4n) is 9.22. The fourth-order valence-corrected chi connectivity index (χ4v) is 9.22. The number of ether oxygens (including phenoxy) is 2. The van der Waals surface area contributed by atoms with Crippen LogP contribution in [0.15, 0.2) is 91.0 Å². The summed E-state index contributed by atoms with van der Waals surface area (Å²) in [6.45, 7) is 6.86. The third-order valence-electron chi connectivity index (χ3n) is 12.7. The molecule has 6 rings (SSSR count). The number of para-hydroxylation sites is 1. The predicted molar refractivity (Wildman–Crippen MR) is 257 cm³/mol. The molecule has 68 heavy (non-hydrogen) atoms. The van der Waals surface area contributed by atoms with Gasteiger partial charge >= 0.3 is 11.9 Å². The van der Waals surface area contributed by atoms with E-state index in [0.717, 1.165) is 42.2 Å². The first-order valence-corrected chi connectivity index (χ1v) is 23.8. The molecule has 1 aliphatic heterocycles. The molecule has 16 heteroatoms. The molecule has 364 valence electrons. The Balaban J connectivity index is 1.23. The summed E-state index contributed by atoms with van der Waals surface area (Å²) in [7, 11) is 0. The van der Waals surface area contributed by atoms with Crippen LogP contribution in [0.5, 0.6) is 5.75 Å². The van der Waals surface area contributed by atoms with Crippen LogP contribution in [0.2, 0.25) is 0 Å². The summed E-state index contributed by atoms with van der Waals surface area (Å²) in [6, 6.07) is 23.2. The van der Waals surface area contributed by atoms with Crippen LogP contribution in [-0.4, -0.2) is 106 Å². The van der Waals surface area contributed by atoms with E-state index in [1.165, 1.54) is 0 Å². The summed E-state index contributed by atoms with van der Waals surface area (Å²) < 4.78 is 12.3. The number of esters is 1. The van der Waals surface area contributed by atoms with Crippen molar-refractivity contribution in [2.45, 2.75) is 127 Å². The number of piperidine rings is 1. The first-order chi connectivity index (χ1) is 32.5. The molecule has 0 spiro atoms. The number of fused-ring (bicyclic) bond motifs is 2. The van der Waals surface area contributed by atoms with Gasteiger partial charge in [0.15, 0.2) is 0 Å². The number of aliphatic carboxylic acids is 1. The van der Waals surface area contributed by atoms with Crippen molar-refractivity contribution in [3.05, 3.63) is 108 Å². The molecule has 3 aromatic carbocycles. The smallest absolute Gasteiger partial charge is 0.320 e. The quantitative estimate of drug-likeness (QED) is 0.0458. The van der Waals surface area contributed by atoms with Crippen LogP contribution in [0.25, 0.3) is 10.9 Å². The van der Waals surface area contributed by atoms with E-state index in [1.54, 1.807) is 48.5 Å². The van der Waals surface area contributed by atoms with Crippen LogP contribution in [0.1, 0.15) is 100 Å². The van der Waals surface area contributed by atoms with Crippen molar-refractivity contribution < 1.29 is 43.3 Å². The van der Waals surface area contributed by atoms with Gasteiger partial charge in [-0.15, -0.1) is 0 Å². The Morgan fingerprint density at radius 1 is 0.838 bits per heavy atom. The minimum Gasteiger partial charge on any atom is -0.494 e. The molecule has 2 heterocycles. The van der Waals surface area contributed by atoms with Crippen molar-refractivity contribution in [2.24, 2.45) is 23.3 Å². The SMILES string of the molecule is CC(C)(C)NC(=O)[C@@H]1CC2CCCC[C@@H]2CN1C[C@@H](OC(=O)CCCCOc1ccc(C[C@H](N)C(=O)O)cc1)[C@H](Cc1ccccc1)NC(=O)[C@H](CC(N)=O)NC(=O)c1ccc2ccccc2n1. The zero-order valence-corrected chi connectivity index (χ0v) is 39.4. The Hall–Kier alpha value is -6.39. The number of carbonyl (C=O) groups excluding carboxylic acids is 5. The van der Waals surface area contributed by atoms with E-state index in [-0.39, 0.29) is 37.4 Å². The number of carboxylic acid groups (broad SMARTS) is 1. The van der Waals surface area contributed by atoms with Crippen LogP contribution in [0, 0.1) is 11.8 Å². The molecule has 0 bridgehead atoms. The maximum Gasteiger partial charge on any atom is 0.320 e. The molecule has 4 aromatic rings. The monoisotopic (exact) mass is 934 g/mol. The van der Waals surface area contributed by atoms with Crippen LogP contribution in [0.4, 0.5) is 0 Å². The highest BCUT2D eigenvalue weighted by Gasteiger charge is 2.43. The number of primary amides is 1. The minimum absolute atomic E-state index is 0.0373. The van der Waals surface area contributed by atoms with Crippen LogP contribution in [0.3, 0.4) is 0 Å². The average Bonchev–Trinajstić information content (AvgIpc) is 3.30. The normalized spacial score (nSPS) is 19.0. The Bertz CT molecular complexity index is 2360. The Morgan fingerprint density at radius 3 is 2.24 bits per heavy atom. The number of carboxylic acids is 1. The summed E-state index contributed by atoms with van der Waals surface area (Å²) in [4.78, 5) is 86.5. The molecule has 1 saturated heterocycles. The minimum atomic E-state index is -1.40. The first kappa shape index (κ1) is 51.0. The summed E-state index contributed by atoms with van der Waals surface area (Å²) >= 11 is 0. The zero-order valence-electron chi connectivity index (χ0n) is 39.4. The molecule has 1 aromatic heterocycles. The van der Waals surface area contributed by atoms with E-state index in [9.17, 15) is 28.8 Å². The molecule has 2 aliphatic rings. The second-order valence-electron chi connectivity index (χ2n) is 19.3. The van der Waals surface area contributed by atoms with Gasteiger partial charge in [0, 0.05) is 30.4 Å². The van der Waals surface area contributed by atoms with Gasteiger partial charge in [-0.05, 0) is 107 Å². The van der Waals surface area contributed by atoms with Crippen molar-refractivity contribution >= 4 is 46.5 Å². The highest BCUT2D eigenvalue weighted by atomic mass is 16.5. The Kier molecular flexibility index (Phi) is 18.0. The number of aromatic nitrogens is 1. The van der Waals surface area contributed by atoms with Gasteiger partial charge in [-0.3, -0.25) is 33.7 Å². The van der Waals surface area contributed by atoms with Gasteiger partial charge in [-0.1, -0.05) is 86.0 Å². The number of rotatable bonds is 22. The Morgan fingerprint density at radius 2 is 1.53 bits per heavy atom. The maximum absolute atomic E-state index is 14.5. The lowest BCUT2D eigenvalue weighted by molar-refractivity contribution is -0.154.